The molecule has 4 aliphatic heterocycles. The van der Waals surface area contributed by atoms with E-state index in [1.165, 1.54) is 18.2 Å². The van der Waals surface area contributed by atoms with Crippen molar-refractivity contribution in [2.45, 2.75) is 70.6 Å². The number of halogens is 1. The number of nitrogens with zero attached hydrogens (tertiary/aromatic N) is 4. The normalized spacial score (nSPS) is 17.7. The van der Waals surface area contributed by atoms with Crippen molar-refractivity contribution >= 4 is 58.2 Å². The number of esters is 1. The third kappa shape index (κ3) is 15.2. The van der Waals surface area contributed by atoms with Gasteiger partial charge in [-0.1, -0.05) is 37.3 Å². The number of aryl methyl sites for hydroxylation is 1. The predicted molar refractivity (Wildman–Crippen MR) is 287 cm³/mol. The van der Waals surface area contributed by atoms with E-state index in [9.17, 15) is 48.3 Å². The van der Waals surface area contributed by atoms with Crippen LogP contribution in [0.15, 0.2) is 65.5 Å². The van der Waals surface area contributed by atoms with Gasteiger partial charge >= 0.3 is 5.97 Å². The molecule has 1 fully saturated rings. The molecule has 4 aromatic rings. The number of cyclic esters (lactones) is 1. The number of fused-ring (bicyclic) bond motifs is 5. The molecule has 1 saturated heterocycles. The Kier molecular flexibility index (Phi) is 20.7. The van der Waals surface area contributed by atoms with E-state index in [1.807, 2.05) is 0 Å². The Bertz CT molecular complexity index is 3140. The van der Waals surface area contributed by atoms with Gasteiger partial charge in [-0.25, -0.2) is 14.2 Å². The van der Waals surface area contributed by atoms with Crippen LogP contribution in [0.3, 0.4) is 0 Å². The molecule has 0 radical (unpaired) electrons. The van der Waals surface area contributed by atoms with Crippen molar-refractivity contribution in [2.75, 3.05) is 98.9 Å². The highest BCUT2D eigenvalue weighted by molar-refractivity contribution is 6.12. The number of benzene rings is 2. The third-order valence-electron chi connectivity index (χ3n) is 14.2. The molecule has 25 nitrogen and oxygen atoms in total. The summed E-state index contributed by atoms with van der Waals surface area (Å²) in [6, 6.07) is 12.4. The highest BCUT2D eigenvalue weighted by Gasteiger charge is 2.46. The Balaban J connectivity index is 0.737. The second kappa shape index (κ2) is 28.2. The number of carbonyl (C=O) groups excluding carboxylic acids is 8. The lowest BCUT2D eigenvalue weighted by atomic mass is 9.86. The zero-order chi connectivity index (χ0) is 58.3. The minimum absolute atomic E-state index is 0.0151. The van der Waals surface area contributed by atoms with Crippen LogP contribution < -0.4 is 32.1 Å². The Morgan fingerprint density at radius 1 is 0.829 bits per heavy atom. The summed E-state index contributed by atoms with van der Waals surface area (Å²) in [5.74, 6) is -5.09. The van der Waals surface area contributed by atoms with Gasteiger partial charge in [-0.3, -0.25) is 48.2 Å². The summed E-state index contributed by atoms with van der Waals surface area (Å²) in [5, 5.41) is 24.7. The van der Waals surface area contributed by atoms with Crippen molar-refractivity contribution in [2.24, 2.45) is 0 Å². The monoisotopic (exact) mass is 1140 g/mol. The van der Waals surface area contributed by atoms with E-state index in [2.05, 4.69) is 31.5 Å². The number of pyridine rings is 2. The zero-order valence-electron chi connectivity index (χ0n) is 45.5. The smallest absolute Gasteiger partial charge is 0.343 e. The summed E-state index contributed by atoms with van der Waals surface area (Å²) in [6.07, 6.45) is 2.00. The lowest BCUT2D eigenvalue weighted by Gasteiger charge is -2.33. The van der Waals surface area contributed by atoms with E-state index in [0.29, 0.717) is 59.7 Å². The number of ether oxygens (including phenoxy) is 6. The fourth-order valence-corrected chi connectivity index (χ4v) is 9.72. The predicted octanol–water partition coefficient (Wildman–Crippen LogP) is -0.741. The molecule has 8 rings (SSSR count). The molecule has 6 N–H and O–H groups in total. The van der Waals surface area contributed by atoms with Crippen molar-refractivity contribution in [1.82, 2.24) is 45.9 Å². The molecule has 0 bridgehead atoms. The maximum atomic E-state index is 15.1. The van der Waals surface area contributed by atoms with Gasteiger partial charge in [0.25, 0.3) is 17.4 Å². The van der Waals surface area contributed by atoms with Gasteiger partial charge < -0.3 is 64.7 Å². The lowest BCUT2D eigenvalue weighted by molar-refractivity contribution is -0.172. The molecule has 6 heterocycles. The minimum atomic E-state index is -2.01. The second-order valence-corrected chi connectivity index (χ2v) is 19.8. The summed E-state index contributed by atoms with van der Waals surface area (Å²) < 4.78 is 49.8. The number of aromatic nitrogens is 2. The van der Waals surface area contributed by atoms with Crippen LogP contribution >= 0.6 is 0 Å². The zero-order valence-corrected chi connectivity index (χ0v) is 45.5. The van der Waals surface area contributed by atoms with Gasteiger partial charge in [-0.05, 0) is 42.2 Å². The highest BCUT2D eigenvalue weighted by Crippen LogP contribution is 2.41. The number of aliphatic hydroxyl groups is 1. The molecule has 438 valence electrons. The van der Waals surface area contributed by atoms with Gasteiger partial charge in [0.15, 0.2) is 5.60 Å². The van der Waals surface area contributed by atoms with Crippen molar-refractivity contribution in [1.29, 1.82) is 0 Å². The molecule has 4 aliphatic rings. The third-order valence-corrected chi connectivity index (χ3v) is 14.2. The van der Waals surface area contributed by atoms with Gasteiger partial charge in [0, 0.05) is 67.2 Å². The molecular formula is C56H66FN9O16. The van der Waals surface area contributed by atoms with Crippen molar-refractivity contribution < 1.29 is 76.3 Å². The number of hydrogen-bond donors (Lipinski definition) is 6. The van der Waals surface area contributed by atoms with E-state index in [0.717, 1.165) is 16.0 Å². The van der Waals surface area contributed by atoms with Crippen LogP contribution in [0, 0.1) is 12.7 Å². The van der Waals surface area contributed by atoms with E-state index in [-0.39, 0.29) is 115 Å². The molecule has 26 heteroatoms. The number of morpholine rings is 1. The first-order valence-corrected chi connectivity index (χ1v) is 26.9. The average Bonchev–Trinajstić information content (AvgIpc) is 2.84. The maximum Gasteiger partial charge on any atom is 0.343 e. The van der Waals surface area contributed by atoms with Crippen LogP contribution in [0.1, 0.15) is 53.1 Å². The Labute approximate surface area is 470 Å². The van der Waals surface area contributed by atoms with Crippen LogP contribution in [0.2, 0.25) is 0 Å². The molecule has 2 aromatic carbocycles. The van der Waals surface area contributed by atoms with E-state index in [1.54, 1.807) is 60.9 Å². The lowest BCUT2D eigenvalue weighted by Crippen LogP contribution is -2.52. The quantitative estimate of drug-likeness (QED) is 0.0149. The fraction of sp³-hybridized carbons (Fsp3) is 0.464. The number of carbonyl (C=O) groups is 8. The summed E-state index contributed by atoms with van der Waals surface area (Å²) in [7, 11) is 0. The molecule has 0 aliphatic carbocycles. The van der Waals surface area contributed by atoms with E-state index < -0.39 is 84.3 Å². The molecule has 82 heavy (non-hydrogen) atoms. The summed E-state index contributed by atoms with van der Waals surface area (Å²) >= 11 is 0. The van der Waals surface area contributed by atoms with Gasteiger partial charge in [0.1, 0.15) is 25.2 Å². The average molecular weight is 1140 g/mol. The number of nitrogens with one attached hydrogen (secondary N) is 5. The second-order valence-electron chi connectivity index (χ2n) is 19.8. The first-order valence-electron chi connectivity index (χ1n) is 26.9. The van der Waals surface area contributed by atoms with Crippen LogP contribution in [-0.4, -0.2) is 183 Å². The maximum absolute atomic E-state index is 15.1. The van der Waals surface area contributed by atoms with E-state index in [4.69, 9.17) is 33.4 Å². The Morgan fingerprint density at radius 2 is 1.51 bits per heavy atom. The summed E-state index contributed by atoms with van der Waals surface area (Å²) in [5.41, 5.74) is 1.90. The molecule has 7 amide bonds. The van der Waals surface area contributed by atoms with E-state index >= 15 is 4.39 Å². The summed E-state index contributed by atoms with van der Waals surface area (Å²) in [6.45, 7) is 4.65. The molecule has 0 saturated carbocycles. The SMILES string of the molecule is CC[C@@]1(O)C(=O)OCc2c1cc1n(c2=O)Cc2c-1nc1cc(F)c(C)cc1c2CN1CCO[C@H](COCNC(=O)CNC(=O)[C@H](Cc2ccccc2)NC(=O)CNC(=O)CNC(=O)CCOCCOCCOCCN2C(=O)C=CC2=O)C1. The fourth-order valence-electron chi connectivity index (χ4n) is 9.72. The van der Waals surface area contributed by atoms with Crippen LogP contribution in [0.4, 0.5) is 4.39 Å². The van der Waals surface area contributed by atoms with Gasteiger partial charge in [-0.2, -0.15) is 0 Å². The van der Waals surface area contributed by atoms with Crippen LogP contribution in [0.5, 0.6) is 0 Å². The molecule has 3 atom stereocenters. The van der Waals surface area contributed by atoms with Gasteiger partial charge in [-0.15, -0.1) is 0 Å². The topological polar surface area (TPSA) is 314 Å². The van der Waals surface area contributed by atoms with Crippen LogP contribution in [-0.2, 0) is 98.5 Å². The summed E-state index contributed by atoms with van der Waals surface area (Å²) in [4.78, 5) is 122. The largest absolute Gasteiger partial charge is 0.458 e. The molecule has 2 aromatic heterocycles. The van der Waals surface area contributed by atoms with Crippen molar-refractivity contribution in [3.8, 4) is 11.4 Å². The number of rotatable bonds is 29. The minimum Gasteiger partial charge on any atom is -0.458 e. The number of imide groups is 1. The van der Waals surface area contributed by atoms with Crippen molar-refractivity contribution in [3.63, 3.8) is 0 Å². The number of amides is 7. The Hall–Kier alpha value is -7.85. The Morgan fingerprint density at radius 3 is 2.26 bits per heavy atom. The van der Waals surface area contributed by atoms with Gasteiger partial charge in [0.05, 0.1) is 114 Å². The standard InChI is InChI=1S/C56H66FN9O16/c1-3-56(76)41-23-45-52-39(30-66(45)54(74)40(41)32-82-55(56)75)38(37-21-34(2)42(57)24-43(37)63-52)29-64-12-16-81-36(28-64)31-80-33-61-48(69)26-60-53(73)44(22-35-7-5-4-6-8-35)62-49(70)27-59-47(68)25-58-46(67)11-14-77-17-19-79-20-18-78-15-13-65-50(71)9-10-51(65)72/h4-10,21,23-24,36,44,76H,3,11-20,22,25-33H2,1-2H3,(H,58,67)(H,59,68)(H,60,73)(H,61,69)(H,62,70)/t36-,44-,56-/m0/s1. The molecule has 0 unspecified atom stereocenters. The first-order chi connectivity index (χ1) is 39.5. The molecule has 0 spiro atoms. The number of hydrogen-bond acceptors (Lipinski definition) is 18. The van der Waals surface area contributed by atoms with Gasteiger partial charge in [0.2, 0.25) is 29.5 Å². The van der Waals surface area contributed by atoms with Crippen molar-refractivity contribution in [3.05, 3.63) is 110 Å². The molecular weight excluding hydrogens is 1070 g/mol. The first kappa shape index (κ1) is 60.3. The highest BCUT2D eigenvalue weighted by atomic mass is 19.1. The van der Waals surface area contributed by atoms with Crippen LogP contribution in [0.25, 0.3) is 22.3 Å².